The lowest BCUT2D eigenvalue weighted by Crippen LogP contribution is -2.05. The van der Waals surface area contributed by atoms with E-state index < -0.39 is 9.84 Å². The molecule has 22 heavy (non-hydrogen) atoms. The third kappa shape index (κ3) is 3.18. The topological polar surface area (TPSA) is 73.1 Å². The predicted octanol–water partition coefficient (Wildman–Crippen LogP) is 3.36. The Bertz CT molecular complexity index is 875. The standard InChI is InChI=1S/C15H11ClN2O3S/c16-12-8-6-11(7-9-12)15-17-14(21-18-15)10-22(19,20)13-4-2-1-3-5-13/h1-9H,10H2. The molecule has 0 aliphatic heterocycles. The van der Waals surface area contributed by atoms with Crippen LogP contribution in [-0.4, -0.2) is 18.6 Å². The fourth-order valence-corrected chi connectivity index (χ4v) is 3.21. The van der Waals surface area contributed by atoms with Crippen molar-refractivity contribution in [1.82, 2.24) is 10.1 Å². The molecular formula is C15H11ClN2O3S. The quantitative estimate of drug-likeness (QED) is 0.731. The summed E-state index contributed by atoms with van der Waals surface area (Å²) in [6.07, 6.45) is 0. The van der Waals surface area contributed by atoms with Gasteiger partial charge in [0, 0.05) is 10.6 Å². The molecule has 3 rings (SSSR count). The Morgan fingerprint density at radius 3 is 2.36 bits per heavy atom. The first-order chi connectivity index (χ1) is 10.5. The highest BCUT2D eigenvalue weighted by Gasteiger charge is 2.19. The molecule has 112 valence electrons. The smallest absolute Gasteiger partial charge is 0.242 e. The lowest BCUT2D eigenvalue weighted by atomic mass is 10.2. The molecule has 0 fully saturated rings. The molecule has 0 N–H and O–H groups in total. The van der Waals surface area contributed by atoms with Gasteiger partial charge in [-0.25, -0.2) is 8.42 Å². The van der Waals surface area contributed by atoms with Gasteiger partial charge in [0.25, 0.3) is 0 Å². The second kappa shape index (κ2) is 5.90. The zero-order chi connectivity index (χ0) is 15.6. The van der Waals surface area contributed by atoms with Crippen molar-refractivity contribution in [3.8, 4) is 11.4 Å². The third-order valence-electron chi connectivity index (χ3n) is 2.99. The summed E-state index contributed by atoms with van der Waals surface area (Å²) in [6, 6.07) is 15.0. The molecule has 0 bridgehead atoms. The minimum Gasteiger partial charge on any atom is -0.338 e. The highest BCUT2D eigenvalue weighted by atomic mass is 35.5. The number of hydrogen-bond donors (Lipinski definition) is 0. The van der Waals surface area contributed by atoms with E-state index in [-0.39, 0.29) is 16.5 Å². The van der Waals surface area contributed by atoms with Crippen LogP contribution in [0, 0.1) is 0 Å². The Morgan fingerprint density at radius 2 is 1.68 bits per heavy atom. The van der Waals surface area contributed by atoms with E-state index in [0.717, 1.165) is 0 Å². The zero-order valence-electron chi connectivity index (χ0n) is 11.3. The molecule has 3 aromatic rings. The van der Waals surface area contributed by atoms with Crippen LogP contribution in [0.1, 0.15) is 5.89 Å². The fraction of sp³-hybridized carbons (Fsp3) is 0.0667. The average molecular weight is 335 g/mol. The molecule has 2 aromatic carbocycles. The number of aromatic nitrogens is 2. The summed E-state index contributed by atoms with van der Waals surface area (Å²) in [6.45, 7) is 0. The van der Waals surface area contributed by atoms with Crippen LogP contribution < -0.4 is 0 Å². The molecule has 0 saturated carbocycles. The summed E-state index contributed by atoms with van der Waals surface area (Å²) < 4.78 is 29.5. The van der Waals surface area contributed by atoms with Crippen molar-refractivity contribution in [2.45, 2.75) is 10.6 Å². The summed E-state index contributed by atoms with van der Waals surface area (Å²) in [5.74, 6) is 0.0427. The first-order valence-electron chi connectivity index (χ1n) is 6.41. The van der Waals surface area contributed by atoms with Gasteiger partial charge in [-0.3, -0.25) is 0 Å². The molecule has 0 aliphatic carbocycles. The molecule has 0 amide bonds. The fourth-order valence-electron chi connectivity index (χ4n) is 1.90. The molecular weight excluding hydrogens is 324 g/mol. The average Bonchev–Trinajstić information content (AvgIpc) is 2.97. The Labute approximate surface area is 132 Å². The Balaban J connectivity index is 1.84. The van der Waals surface area contributed by atoms with Crippen molar-refractivity contribution in [3.05, 3.63) is 65.5 Å². The van der Waals surface area contributed by atoms with Gasteiger partial charge in [0.05, 0.1) is 4.90 Å². The van der Waals surface area contributed by atoms with E-state index in [9.17, 15) is 8.42 Å². The van der Waals surface area contributed by atoms with Crippen LogP contribution in [0.5, 0.6) is 0 Å². The molecule has 1 heterocycles. The SMILES string of the molecule is O=S(=O)(Cc1nc(-c2ccc(Cl)cc2)no1)c1ccccc1. The Hall–Kier alpha value is -2.18. The van der Waals surface area contributed by atoms with E-state index in [4.69, 9.17) is 16.1 Å². The number of benzene rings is 2. The van der Waals surface area contributed by atoms with Crippen LogP contribution in [0.2, 0.25) is 5.02 Å². The summed E-state index contributed by atoms with van der Waals surface area (Å²) in [5.41, 5.74) is 0.705. The Kier molecular flexibility index (Phi) is 3.96. The van der Waals surface area contributed by atoms with E-state index in [1.807, 2.05) is 0 Å². The van der Waals surface area contributed by atoms with Crippen molar-refractivity contribution >= 4 is 21.4 Å². The monoisotopic (exact) mass is 334 g/mol. The van der Waals surface area contributed by atoms with Gasteiger partial charge in [-0.2, -0.15) is 4.98 Å². The van der Waals surface area contributed by atoms with E-state index in [1.165, 1.54) is 12.1 Å². The van der Waals surface area contributed by atoms with E-state index >= 15 is 0 Å². The van der Waals surface area contributed by atoms with Gasteiger partial charge in [0.1, 0.15) is 5.75 Å². The zero-order valence-corrected chi connectivity index (χ0v) is 12.9. The molecule has 0 aliphatic rings. The summed E-state index contributed by atoms with van der Waals surface area (Å²) in [4.78, 5) is 4.34. The predicted molar refractivity (Wildman–Crippen MR) is 82.1 cm³/mol. The molecule has 0 unspecified atom stereocenters. The van der Waals surface area contributed by atoms with Crippen LogP contribution in [0.3, 0.4) is 0 Å². The normalized spacial score (nSPS) is 11.5. The van der Waals surface area contributed by atoms with Gasteiger partial charge in [-0.15, -0.1) is 0 Å². The van der Waals surface area contributed by atoms with Crippen LogP contribution in [0.25, 0.3) is 11.4 Å². The number of sulfone groups is 1. The van der Waals surface area contributed by atoms with Crippen LogP contribution >= 0.6 is 11.6 Å². The van der Waals surface area contributed by atoms with E-state index in [2.05, 4.69) is 10.1 Å². The van der Waals surface area contributed by atoms with Gasteiger partial charge >= 0.3 is 0 Å². The van der Waals surface area contributed by atoms with Gasteiger partial charge in [0.2, 0.25) is 11.7 Å². The lowest BCUT2D eigenvalue weighted by molar-refractivity contribution is 0.389. The first-order valence-corrected chi connectivity index (χ1v) is 8.44. The third-order valence-corrected chi connectivity index (χ3v) is 4.86. The minimum absolute atomic E-state index is 0.0498. The molecule has 0 saturated heterocycles. The summed E-state index contributed by atoms with van der Waals surface area (Å²) in [5, 5.41) is 4.40. The van der Waals surface area contributed by atoms with Gasteiger partial charge < -0.3 is 4.52 Å². The molecule has 7 heteroatoms. The van der Waals surface area contributed by atoms with Gasteiger partial charge in [-0.05, 0) is 36.4 Å². The van der Waals surface area contributed by atoms with Gasteiger partial charge in [-0.1, -0.05) is 35.0 Å². The van der Waals surface area contributed by atoms with Crippen LogP contribution in [-0.2, 0) is 15.6 Å². The molecule has 0 atom stereocenters. The number of nitrogens with zero attached hydrogens (tertiary/aromatic N) is 2. The molecule has 0 spiro atoms. The maximum absolute atomic E-state index is 12.2. The highest BCUT2D eigenvalue weighted by molar-refractivity contribution is 7.90. The van der Waals surface area contributed by atoms with Crippen molar-refractivity contribution in [2.75, 3.05) is 0 Å². The van der Waals surface area contributed by atoms with E-state index in [0.29, 0.717) is 16.4 Å². The number of halogens is 1. The van der Waals surface area contributed by atoms with Crippen molar-refractivity contribution in [2.24, 2.45) is 0 Å². The van der Waals surface area contributed by atoms with Crippen LogP contribution in [0.4, 0.5) is 0 Å². The molecule has 1 aromatic heterocycles. The van der Waals surface area contributed by atoms with Crippen molar-refractivity contribution < 1.29 is 12.9 Å². The lowest BCUT2D eigenvalue weighted by Gasteiger charge is -2.00. The summed E-state index contributed by atoms with van der Waals surface area (Å²) in [7, 11) is -3.51. The van der Waals surface area contributed by atoms with E-state index in [1.54, 1.807) is 42.5 Å². The Morgan fingerprint density at radius 1 is 1.00 bits per heavy atom. The maximum Gasteiger partial charge on any atom is 0.242 e. The first kappa shape index (κ1) is 14.7. The highest BCUT2D eigenvalue weighted by Crippen LogP contribution is 2.20. The van der Waals surface area contributed by atoms with Crippen LogP contribution in [0.15, 0.2) is 64.0 Å². The molecule has 0 radical (unpaired) electrons. The second-order valence-corrected chi connectivity index (χ2v) is 7.02. The minimum atomic E-state index is -3.51. The number of hydrogen-bond acceptors (Lipinski definition) is 5. The van der Waals surface area contributed by atoms with Crippen molar-refractivity contribution in [1.29, 1.82) is 0 Å². The summed E-state index contributed by atoms with van der Waals surface area (Å²) >= 11 is 5.82. The number of rotatable bonds is 4. The van der Waals surface area contributed by atoms with Crippen molar-refractivity contribution in [3.63, 3.8) is 0 Å². The van der Waals surface area contributed by atoms with Gasteiger partial charge in [0.15, 0.2) is 9.84 Å². The maximum atomic E-state index is 12.2. The second-order valence-electron chi connectivity index (χ2n) is 4.59. The largest absolute Gasteiger partial charge is 0.338 e. The molecule has 5 nitrogen and oxygen atoms in total.